The fourth-order valence-corrected chi connectivity index (χ4v) is 2.57. The van der Waals surface area contributed by atoms with Gasteiger partial charge in [-0.15, -0.1) is 0 Å². The van der Waals surface area contributed by atoms with Gasteiger partial charge in [-0.3, -0.25) is 4.90 Å². The number of hydrogen-bond acceptors (Lipinski definition) is 2. The molecule has 1 N–H and O–H groups in total. The van der Waals surface area contributed by atoms with Crippen LogP contribution in [0.4, 0.5) is 0 Å². The van der Waals surface area contributed by atoms with Crippen molar-refractivity contribution in [3.05, 3.63) is 64.2 Å². The number of phenolic OH excluding ortho intramolecular Hbond substituents is 1. The predicted molar refractivity (Wildman–Crippen MR) is 88.5 cm³/mol. The van der Waals surface area contributed by atoms with Crippen molar-refractivity contribution in [2.75, 3.05) is 6.54 Å². The third-order valence-electron chi connectivity index (χ3n) is 3.97. The minimum Gasteiger partial charge on any atom is -0.508 e. The van der Waals surface area contributed by atoms with E-state index in [1.165, 1.54) is 22.3 Å². The molecular formula is C19H25NO. The van der Waals surface area contributed by atoms with Gasteiger partial charge in [-0.25, -0.2) is 0 Å². The van der Waals surface area contributed by atoms with Gasteiger partial charge in [-0.05, 0) is 44.5 Å². The van der Waals surface area contributed by atoms with Crippen molar-refractivity contribution in [2.45, 2.75) is 40.8 Å². The van der Waals surface area contributed by atoms with Gasteiger partial charge < -0.3 is 5.11 Å². The predicted octanol–water partition coefficient (Wildman–Crippen LogP) is 4.34. The van der Waals surface area contributed by atoms with E-state index in [0.29, 0.717) is 5.75 Å². The zero-order valence-corrected chi connectivity index (χ0v) is 13.5. The van der Waals surface area contributed by atoms with E-state index in [0.717, 1.165) is 25.2 Å². The van der Waals surface area contributed by atoms with Gasteiger partial charge in [-0.1, -0.05) is 48.4 Å². The lowest BCUT2D eigenvalue weighted by atomic mass is 10.0. The SMILES string of the molecule is CCN(Cc1cc(C)ccc1C)Cc1cc(C)ccc1O. The molecule has 0 radical (unpaired) electrons. The highest BCUT2D eigenvalue weighted by molar-refractivity contribution is 5.36. The van der Waals surface area contributed by atoms with Crippen LogP contribution in [0.5, 0.6) is 5.75 Å². The molecule has 0 unspecified atom stereocenters. The first-order valence-electron chi connectivity index (χ1n) is 7.56. The van der Waals surface area contributed by atoms with Crippen molar-refractivity contribution in [2.24, 2.45) is 0 Å². The van der Waals surface area contributed by atoms with Crippen molar-refractivity contribution < 1.29 is 5.11 Å². The summed E-state index contributed by atoms with van der Waals surface area (Å²) >= 11 is 0. The molecular weight excluding hydrogens is 258 g/mol. The Kier molecular flexibility index (Phi) is 5.03. The summed E-state index contributed by atoms with van der Waals surface area (Å²) in [6, 6.07) is 12.4. The van der Waals surface area contributed by atoms with Gasteiger partial charge in [0.05, 0.1) is 0 Å². The molecule has 0 aliphatic heterocycles. The van der Waals surface area contributed by atoms with Crippen LogP contribution in [0.2, 0.25) is 0 Å². The largest absolute Gasteiger partial charge is 0.508 e. The summed E-state index contributed by atoms with van der Waals surface area (Å²) in [5.74, 6) is 0.389. The number of hydrogen-bond donors (Lipinski definition) is 1. The first-order valence-corrected chi connectivity index (χ1v) is 7.56. The van der Waals surface area contributed by atoms with Gasteiger partial charge >= 0.3 is 0 Å². The number of phenols is 1. The Morgan fingerprint density at radius 2 is 1.43 bits per heavy atom. The molecule has 0 amide bonds. The summed E-state index contributed by atoms with van der Waals surface area (Å²) in [6.07, 6.45) is 0. The minimum absolute atomic E-state index is 0.389. The summed E-state index contributed by atoms with van der Waals surface area (Å²) in [7, 11) is 0. The third-order valence-corrected chi connectivity index (χ3v) is 3.97. The molecule has 0 heterocycles. The Morgan fingerprint density at radius 3 is 2.10 bits per heavy atom. The lowest BCUT2D eigenvalue weighted by Gasteiger charge is -2.22. The van der Waals surface area contributed by atoms with E-state index in [1.807, 2.05) is 6.07 Å². The van der Waals surface area contributed by atoms with E-state index in [4.69, 9.17) is 0 Å². The molecule has 0 atom stereocenters. The molecule has 0 aromatic heterocycles. The van der Waals surface area contributed by atoms with Crippen LogP contribution in [0.1, 0.15) is 34.7 Å². The van der Waals surface area contributed by atoms with Crippen molar-refractivity contribution in [3.63, 3.8) is 0 Å². The van der Waals surface area contributed by atoms with Gasteiger partial charge in [0.15, 0.2) is 0 Å². The van der Waals surface area contributed by atoms with Crippen molar-refractivity contribution in [1.82, 2.24) is 4.90 Å². The second-order valence-corrected chi connectivity index (χ2v) is 5.87. The van der Waals surface area contributed by atoms with Crippen LogP contribution in [0, 0.1) is 20.8 Å². The number of rotatable bonds is 5. The van der Waals surface area contributed by atoms with Crippen LogP contribution < -0.4 is 0 Å². The number of nitrogens with zero attached hydrogens (tertiary/aromatic N) is 1. The fourth-order valence-electron chi connectivity index (χ4n) is 2.57. The maximum absolute atomic E-state index is 10.0. The molecule has 0 fully saturated rings. The first kappa shape index (κ1) is 15.6. The second-order valence-electron chi connectivity index (χ2n) is 5.87. The molecule has 2 aromatic rings. The zero-order valence-electron chi connectivity index (χ0n) is 13.5. The Labute approximate surface area is 128 Å². The normalized spacial score (nSPS) is 11.1. The number of aromatic hydroxyl groups is 1. The molecule has 0 bridgehead atoms. The highest BCUT2D eigenvalue weighted by Crippen LogP contribution is 2.21. The number of benzene rings is 2. The Hall–Kier alpha value is -1.80. The van der Waals surface area contributed by atoms with E-state index in [1.54, 1.807) is 6.07 Å². The van der Waals surface area contributed by atoms with E-state index >= 15 is 0 Å². The van der Waals surface area contributed by atoms with E-state index < -0.39 is 0 Å². The summed E-state index contributed by atoms with van der Waals surface area (Å²) in [6.45, 7) is 11.2. The third kappa shape index (κ3) is 4.08. The standard InChI is InChI=1S/C19H25NO/c1-5-20(12-17-10-14(2)6-8-16(17)4)13-18-11-15(3)7-9-19(18)21/h6-11,21H,5,12-13H2,1-4H3. The molecule has 112 valence electrons. The Bertz CT molecular complexity index is 565. The smallest absolute Gasteiger partial charge is 0.120 e. The molecule has 0 spiro atoms. The lowest BCUT2D eigenvalue weighted by molar-refractivity contribution is 0.266. The van der Waals surface area contributed by atoms with E-state index in [9.17, 15) is 5.11 Å². The van der Waals surface area contributed by atoms with Crippen LogP contribution in [0.3, 0.4) is 0 Å². The summed E-state index contributed by atoms with van der Waals surface area (Å²) < 4.78 is 0. The van der Waals surface area contributed by atoms with Crippen LogP contribution in [-0.4, -0.2) is 16.6 Å². The summed E-state index contributed by atoms with van der Waals surface area (Å²) in [4.78, 5) is 2.36. The fraction of sp³-hybridized carbons (Fsp3) is 0.368. The van der Waals surface area contributed by atoms with Gasteiger partial charge in [0.2, 0.25) is 0 Å². The molecule has 0 saturated heterocycles. The quantitative estimate of drug-likeness (QED) is 0.882. The van der Waals surface area contributed by atoms with Crippen molar-refractivity contribution >= 4 is 0 Å². The van der Waals surface area contributed by atoms with Gasteiger partial charge in [0.25, 0.3) is 0 Å². The number of aryl methyl sites for hydroxylation is 3. The maximum atomic E-state index is 10.0. The second kappa shape index (κ2) is 6.77. The van der Waals surface area contributed by atoms with Crippen molar-refractivity contribution in [3.8, 4) is 5.75 Å². The van der Waals surface area contributed by atoms with Gasteiger partial charge in [0.1, 0.15) is 5.75 Å². The molecule has 0 aliphatic rings. The molecule has 21 heavy (non-hydrogen) atoms. The van der Waals surface area contributed by atoms with Crippen molar-refractivity contribution in [1.29, 1.82) is 0 Å². The highest BCUT2D eigenvalue weighted by atomic mass is 16.3. The van der Waals surface area contributed by atoms with E-state index in [2.05, 4.69) is 56.9 Å². The molecule has 2 rings (SSSR count). The zero-order chi connectivity index (χ0) is 15.4. The van der Waals surface area contributed by atoms with Gasteiger partial charge in [-0.2, -0.15) is 0 Å². The topological polar surface area (TPSA) is 23.5 Å². The monoisotopic (exact) mass is 283 g/mol. The molecule has 2 aromatic carbocycles. The average Bonchev–Trinajstić information content (AvgIpc) is 2.45. The van der Waals surface area contributed by atoms with Crippen LogP contribution in [0.25, 0.3) is 0 Å². The molecule has 0 aliphatic carbocycles. The highest BCUT2D eigenvalue weighted by Gasteiger charge is 2.10. The van der Waals surface area contributed by atoms with Crippen LogP contribution >= 0.6 is 0 Å². The Morgan fingerprint density at radius 1 is 0.857 bits per heavy atom. The van der Waals surface area contributed by atoms with Crippen LogP contribution in [0.15, 0.2) is 36.4 Å². The summed E-state index contributed by atoms with van der Waals surface area (Å²) in [5.41, 5.74) is 6.18. The first-order chi connectivity index (χ1) is 9.99. The summed E-state index contributed by atoms with van der Waals surface area (Å²) in [5, 5.41) is 10.0. The van der Waals surface area contributed by atoms with Gasteiger partial charge in [0, 0.05) is 18.7 Å². The maximum Gasteiger partial charge on any atom is 0.120 e. The van der Waals surface area contributed by atoms with E-state index in [-0.39, 0.29) is 0 Å². The molecule has 2 heteroatoms. The average molecular weight is 283 g/mol. The minimum atomic E-state index is 0.389. The molecule has 2 nitrogen and oxygen atoms in total. The molecule has 0 saturated carbocycles. The Balaban J connectivity index is 2.16. The van der Waals surface area contributed by atoms with Crippen LogP contribution in [-0.2, 0) is 13.1 Å². The lowest BCUT2D eigenvalue weighted by Crippen LogP contribution is -2.23.